The topological polar surface area (TPSA) is 52.9 Å². The second-order valence-corrected chi connectivity index (χ2v) is 4.68. The van der Waals surface area contributed by atoms with Crippen molar-refractivity contribution in [3.8, 4) is 6.07 Å². The molecule has 1 amide bonds. The van der Waals surface area contributed by atoms with Gasteiger partial charge in [0.25, 0.3) is 0 Å². The molecule has 0 aliphatic rings. The summed E-state index contributed by atoms with van der Waals surface area (Å²) in [7, 11) is 0. The quantitative estimate of drug-likeness (QED) is 0.704. The molecule has 0 rings (SSSR count). The van der Waals surface area contributed by atoms with Gasteiger partial charge in [-0.05, 0) is 25.7 Å². The largest absolute Gasteiger partial charge is 0.352 e. The van der Waals surface area contributed by atoms with Crippen molar-refractivity contribution in [3.05, 3.63) is 0 Å². The lowest BCUT2D eigenvalue weighted by molar-refractivity contribution is -0.129. The minimum atomic E-state index is -0.813. The fourth-order valence-corrected chi connectivity index (χ4v) is 2.18. The zero-order valence-electron chi connectivity index (χ0n) is 11.7. The Morgan fingerprint density at radius 1 is 1.18 bits per heavy atom. The molecule has 0 aromatic rings. The second kappa shape index (κ2) is 8.11. The third-order valence-electron chi connectivity index (χ3n) is 3.32. The SMILES string of the molecule is CCCC(C#N)(CCC)C(=O)NC(CC)CC. The van der Waals surface area contributed by atoms with Gasteiger partial charge in [0.15, 0.2) is 0 Å². The number of carbonyl (C=O) groups is 1. The Kier molecular flexibility index (Phi) is 7.61. The van der Waals surface area contributed by atoms with E-state index in [1.807, 2.05) is 13.8 Å². The van der Waals surface area contributed by atoms with Crippen LogP contribution in [0.5, 0.6) is 0 Å². The number of nitriles is 1. The Labute approximate surface area is 106 Å². The average Bonchev–Trinajstić information content (AvgIpc) is 2.35. The van der Waals surface area contributed by atoms with E-state index >= 15 is 0 Å². The Morgan fingerprint density at radius 3 is 1.94 bits per heavy atom. The zero-order valence-corrected chi connectivity index (χ0v) is 11.7. The van der Waals surface area contributed by atoms with E-state index < -0.39 is 5.41 Å². The van der Waals surface area contributed by atoms with Gasteiger partial charge in [0, 0.05) is 6.04 Å². The Hall–Kier alpha value is -1.04. The lowest BCUT2D eigenvalue weighted by Gasteiger charge is -2.27. The van der Waals surface area contributed by atoms with Gasteiger partial charge in [-0.1, -0.05) is 40.5 Å². The molecular formula is C14H26N2O. The standard InChI is InChI=1S/C14H26N2O/c1-5-9-14(11-15,10-6-2)13(17)16-12(7-3)8-4/h12H,5-10H2,1-4H3,(H,16,17). The summed E-state index contributed by atoms with van der Waals surface area (Å²) >= 11 is 0. The van der Waals surface area contributed by atoms with Gasteiger partial charge in [-0.2, -0.15) is 5.26 Å². The Bertz CT molecular complexity index is 258. The van der Waals surface area contributed by atoms with Crippen LogP contribution in [0, 0.1) is 16.7 Å². The molecule has 0 unspecified atom stereocenters. The van der Waals surface area contributed by atoms with Crippen LogP contribution in [0.25, 0.3) is 0 Å². The van der Waals surface area contributed by atoms with Crippen molar-refractivity contribution in [2.24, 2.45) is 5.41 Å². The summed E-state index contributed by atoms with van der Waals surface area (Å²) in [4.78, 5) is 12.3. The first-order chi connectivity index (χ1) is 8.10. The highest BCUT2D eigenvalue weighted by Crippen LogP contribution is 2.29. The number of carbonyl (C=O) groups excluding carboxylic acids is 1. The Morgan fingerprint density at radius 2 is 1.65 bits per heavy atom. The van der Waals surface area contributed by atoms with E-state index in [0.717, 1.165) is 25.7 Å². The second-order valence-electron chi connectivity index (χ2n) is 4.68. The summed E-state index contributed by atoms with van der Waals surface area (Å²) in [5.41, 5.74) is -0.813. The molecule has 0 bridgehead atoms. The molecule has 3 nitrogen and oxygen atoms in total. The molecule has 0 aliphatic carbocycles. The minimum absolute atomic E-state index is 0.0719. The maximum absolute atomic E-state index is 12.3. The molecule has 0 saturated carbocycles. The molecular weight excluding hydrogens is 212 g/mol. The number of rotatable bonds is 8. The fourth-order valence-electron chi connectivity index (χ4n) is 2.18. The van der Waals surface area contributed by atoms with Crippen LogP contribution < -0.4 is 5.32 Å². The molecule has 0 heterocycles. The van der Waals surface area contributed by atoms with Crippen LogP contribution in [0.2, 0.25) is 0 Å². The molecule has 98 valence electrons. The zero-order chi connectivity index (χ0) is 13.3. The molecule has 0 aromatic carbocycles. The summed E-state index contributed by atoms with van der Waals surface area (Å²) < 4.78 is 0. The van der Waals surface area contributed by atoms with Gasteiger partial charge in [-0.15, -0.1) is 0 Å². The summed E-state index contributed by atoms with van der Waals surface area (Å²) in [5, 5.41) is 12.4. The lowest BCUT2D eigenvalue weighted by Crippen LogP contribution is -2.44. The van der Waals surface area contributed by atoms with Crippen LogP contribution in [0.3, 0.4) is 0 Å². The summed E-state index contributed by atoms with van der Waals surface area (Å²) in [6, 6.07) is 2.46. The van der Waals surface area contributed by atoms with Gasteiger partial charge in [0.05, 0.1) is 6.07 Å². The Balaban J connectivity index is 4.80. The summed E-state index contributed by atoms with van der Waals surface area (Å²) in [6.07, 6.45) is 4.88. The maximum atomic E-state index is 12.3. The van der Waals surface area contributed by atoms with E-state index in [2.05, 4.69) is 25.2 Å². The first kappa shape index (κ1) is 16.0. The van der Waals surface area contributed by atoms with Crippen molar-refractivity contribution in [2.45, 2.75) is 72.3 Å². The van der Waals surface area contributed by atoms with E-state index in [-0.39, 0.29) is 11.9 Å². The van der Waals surface area contributed by atoms with Crippen LogP contribution in [0.1, 0.15) is 66.2 Å². The van der Waals surface area contributed by atoms with Crippen molar-refractivity contribution in [2.75, 3.05) is 0 Å². The van der Waals surface area contributed by atoms with E-state index in [0.29, 0.717) is 12.8 Å². The van der Waals surface area contributed by atoms with Crippen molar-refractivity contribution in [3.63, 3.8) is 0 Å². The van der Waals surface area contributed by atoms with E-state index in [1.165, 1.54) is 0 Å². The van der Waals surface area contributed by atoms with Crippen LogP contribution in [-0.2, 0) is 4.79 Å². The highest BCUT2D eigenvalue weighted by Gasteiger charge is 2.37. The van der Waals surface area contributed by atoms with Crippen LogP contribution >= 0.6 is 0 Å². The molecule has 0 atom stereocenters. The van der Waals surface area contributed by atoms with E-state index in [1.54, 1.807) is 0 Å². The molecule has 0 aliphatic heterocycles. The van der Waals surface area contributed by atoms with Gasteiger partial charge in [0.2, 0.25) is 5.91 Å². The number of amides is 1. The minimum Gasteiger partial charge on any atom is -0.352 e. The average molecular weight is 238 g/mol. The molecule has 1 N–H and O–H groups in total. The van der Waals surface area contributed by atoms with Crippen LogP contribution in [0.4, 0.5) is 0 Å². The first-order valence-electron chi connectivity index (χ1n) is 6.82. The normalized spacial score (nSPS) is 11.3. The van der Waals surface area contributed by atoms with Crippen molar-refractivity contribution in [1.82, 2.24) is 5.32 Å². The lowest BCUT2D eigenvalue weighted by atomic mass is 9.79. The molecule has 17 heavy (non-hydrogen) atoms. The molecule has 0 spiro atoms. The fraction of sp³-hybridized carbons (Fsp3) is 0.857. The predicted molar refractivity (Wildman–Crippen MR) is 70.4 cm³/mol. The van der Waals surface area contributed by atoms with Gasteiger partial charge < -0.3 is 5.32 Å². The predicted octanol–water partition coefficient (Wildman–Crippen LogP) is 3.40. The van der Waals surface area contributed by atoms with Crippen LogP contribution in [0.15, 0.2) is 0 Å². The third-order valence-corrected chi connectivity index (χ3v) is 3.32. The molecule has 0 radical (unpaired) electrons. The van der Waals surface area contributed by atoms with Crippen molar-refractivity contribution in [1.29, 1.82) is 5.26 Å². The smallest absolute Gasteiger partial charge is 0.240 e. The van der Waals surface area contributed by atoms with E-state index in [4.69, 9.17) is 0 Å². The molecule has 3 heteroatoms. The van der Waals surface area contributed by atoms with Gasteiger partial charge in [-0.3, -0.25) is 4.79 Å². The highest BCUT2D eigenvalue weighted by atomic mass is 16.2. The number of hydrogen-bond donors (Lipinski definition) is 1. The molecule has 0 aromatic heterocycles. The maximum Gasteiger partial charge on any atom is 0.240 e. The number of hydrogen-bond acceptors (Lipinski definition) is 2. The summed E-state index contributed by atoms with van der Waals surface area (Å²) in [5.74, 6) is -0.0719. The van der Waals surface area contributed by atoms with Gasteiger partial charge >= 0.3 is 0 Å². The number of nitrogens with one attached hydrogen (secondary N) is 1. The van der Waals surface area contributed by atoms with E-state index in [9.17, 15) is 10.1 Å². The number of nitrogens with zero attached hydrogens (tertiary/aromatic N) is 1. The van der Waals surface area contributed by atoms with Gasteiger partial charge in [-0.25, -0.2) is 0 Å². The third kappa shape index (κ3) is 4.38. The van der Waals surface area contributed by atoms with Gasteiger partial charge in [0.1, 0.15) is 5.41 Å². The molecule has 0 saturated heterocycles. The highest BCUT2D eigenvalue weighted by molar-refractivity contribution is 5.85. The summed E-state index contributed by atoms with van der Waals surface area (Å²) in [6.45, 7) is 8.16. The monoisotopic (exact) mass is 238 g/mol. The van der Waals surface area contributed by atoms with Crippen molar-refractivity contribution < 1.29 is 4.79 Å². The first-order valence-corrected chi connectivity index (χ1v) is 6.82. The van der Waals surface area contributed by atoms with Crippen LogP contribution in [-0.4, -0.2) is 11.9 Å². The molecule has 0 fully saturated rings. The van der Waals surface area contributed by atoms with Crippen molar-refractivity contribution >= 4 is 5.91 Å².